The number of ether oxygens (including phenoxy) is 1. The number of furan rings is 1. The van der Waals surface area contributed by atoms with Gasteiger partial charge in [0.15, 0.2) is 0 Å². The molecule has 1 aliphatic rings. The van der Waals surface area contributed by atoms with Gasteiger partial charge in [-0.25, -0.2) is 4.79 Å². The Bertz CT molecular complexity index is 1080. The van der Waals surface area contributed by atoms with E-state index in [-0.39, 0.29) is 22.1 Å². The van der Waals surface area contributed by atoms with Gasteiger partial charge < -0.3 is 14.3 Å². The molecule has 1 aliphatic heterocycles. The van der Waals surface area contributed by atoms with Crippen LogP contribution in [0.15, 0.2) is 39.7 Å². The van der Waals surface area contributed by atoms with Crippen LogP contribution in [0.4, 0.5) is 4.79 Å². The standard InChI is InChI=1S/C21H18ClNO7S/c1-2-3-8-29-18(24)11-23-19(25)17(31-21(23)28)10-13-5-7-16(30-13)12-4-6-14(20(26)27)15(22)9-12/h4-7,9-10H,2-3,8,11H2,1H3,(H,26,27)/b17-10-. The Balaban J connectivity index is 1.72. The van der Waals surface area contributed by atoms with Crippen molar-refractivity contribution in [1.82, 2.24) is 4.90 Å². The van der Waals surface area contributed by atoms with E-state index < -0.39 is 29.6 Å². The molecule has 1 N–H and O–H groups in total. The highest BCUT2D eigenvalue weighted by atomic mass is 35.5. The van der Waals surface area contributed by atoms with E-state index in [4.69, 9.17) is 25.9 Å². The summed E-state index contributed by atoms with van der Waals surface area (Å²) in [5.41, 5.74) is 0.525. The molecule has 0 spiro atoms. The maximum absolute atomic E-state index is 12.5. The van der Waals surface area contributed by atoms with Crippen molar-refractivity contribution in [2.24, 2.45) is 0 Å². The summed E-state index contributed by atoms with van der Waals surface area (Å²) in [5, 5.41) is 8.56. The predicted molar refractivity (Wildman–Crippen MR) is 115 cm³/mol. The number of carbonyl (C=O) groups excluding carboxylic acids is 3. The molecule has 0 atom stereocenters. The summed E-state index contributed by atoms with van der Waals surface area (Å²) in [7, 11) is 0. The number of halogens is 1. The Kier molecular flexibility index (Phi) is 7.19. The van der Waals surface area contributed by atoms with Crippen molar-refractivity contribution >= 4 is 52.5 Å². The molecule has 0 radical (unpaired) electrons. The lowest BCUT2D eigenvalue weighted by molar-refractivity contribution is -0.146. The molecule has 0 unspecified atom stereocenters. The van der Waals surface area contributed by atoms with Crippen LogP contribution in [0.2, 0.25) is 5.02 Å². The molecule has 0 saturated carbocycles. The first-order chi connectivity index (χ1) is 14.8. The number of amides is 2. The van der Waals surface area contributed by atoms with Crippen molar-refractivity contribution in [2.45, 2.75) is 19.8 Å². The second-order valence-electron chi connectivity index (χ2n) is 6.54. The summed E-state index contributed by atoms with van der Waals surface area (Å²) in [6.07, 6.45) is 2.97. The molecule has 1 fully saturated rings. The Hall–Kier alpha value is -3.04. The van der Waals surface area contributed by atoms with Crippen LogP contribution >= 0.6 is 23.4 Å². The molecule has 2 aromatic rings. The van der Waals surface area contributed by atoms with Gasteiger partial charge in [-0.3, -0.25) is 19.3 Å². The smallest absolute Gasteiger partial charge is 0.337 e. The number of nitrogens with zero attached hydrogens (tertiary/aromatic N) is 1. The highest BCUT2D eigenvalue weighted by molar-refractivity contribution is 8.18. The highest BCUT2D eigenvalue weighted by Gasteiger charge is 2.36. The number of hydrogen-bond acceptors (Lipinski definition) is 7. The van der Waals surface area contributed by atoms with Gasteiger partial charge in [-0.05, 0) is 42.4 Å². The minimum atomic E-state index is -1.14. The Morgan fingerprint density at radius 3 is 2.71 bits per heavy atom. The van der Waals surface area contributed by atoms with Crippen molar-refractivity contribution < 1.29 is 33.4 Å². The van der Waals surface area contributed by atoms with E-state index in [0.717, 1.165) is 11.3 Å². The number of esters is 1. The summed E-state index contributed by atoms with van der Waals surface area (Å²) in [5.74, 6) is -1.66. The number of aromatic carboxylic acids is 1. The Morgan fingerprint density at radius 1 is 1.26 bits per heavy atom. The first kappa shape index (κ1) is 22.6. The first-order valence-corrected chi connectivity index (χ1v) is 10.5. The van der Waals surface area contributed by atoms with Gasteiger partial charge >= 0.3 is 11.9 Å². The van der Waals surface area contributed by atoms with Crippen LogP contribution in [0.3, 0.4) is 0 Å². The number of carboxylic acids is 1. The largest absolute Gasteiger partial charge is 0.478 e. The number of hydrogen-bond donors (Lipinski definition) is 1. The number of carbonyl (C=O) groups is 4. The molecule has 1 saturated heterocycles. The van der Waals surface area contributed by atoms with E-state index in [1.165, 1.54) is 18.2 Å². The van der Waals surface area contributed by atoms with Crippen LogP contribution in [0.25, 0.3) is 17.4 Å². The fraction of sp³-hybridized carbons (Fsp3) is 0.238. The van der Waals surface area contributed by atoms with E-state index in [9.17, 15) is 19.2 Å². The van der Waals surface area contributed by atoms with Crippen molar-refractivity contribution in [2.75, 3.05) is 13.2 Å². The summed E-state index contributed by atoms with van der Waals surface area (Å²) in [6.45, 7) is 1.76. The molecule has 162 valence electrons. The fourth-order valence-corrected chi connectivity index (χ4v) is 3.78. The second-order valence-corrected chi connectivity index (χ2v) is 7.94. The fourth-order valence-electron chi connectivity index (χ4n) is 2.70. The molecule has 31 heavy (non-hydrogen) atoms. The summed E-state index contributed by atoms with van der Waals surface area (Å²) in [6, 6.07) is 7.61. The number of benzene rings is 1. The van der Waals surface area contributed by atoms with Crippen LogP contribution in [0.5, 0.6) is 0 Å². The normalized spacial score (nSPS) is 15.0. The molecule has 3 rings (SSSR count). The molecule has 0 aliphatic carbocycles. The number of unbranched alkanes of at least 4 members (excludes halogenated alkanes) is 1. The maximum Gasteiger partial charge on any atom is 0.337 e. The third-order valence-electron chi connectivity index (χ3n) is 4.31. The molecule has 2 heterocycles. The predicted octanol–water partition coefficient (Wildman–Crippen LogP) is 4.68. The van der Waals surface area contributed by atoms with E-state index in [1.54, 1.807) is 18.2 Å². The van der Waals surface area contributed by atoms with Gasteiger partial charge in [-0.1, -0.05) is 31.0 Å². The van der Waals surface area contributed by atoms with Gasteiger partial charge in [-0.2, -0.15) is 0 Å². The zero-order valence-corrected chi connectivity index (χ0v) is 18.0. The van der Waals surface area contributed by atoms with E-state index >= 15 is 0 Å². The average molecular weight is 464 g/mol. The van der Waals surface area contributed by atoms with Gasteiger partial charge in [0.1, 0.15) is 18.1 Å². The van der Waals surface area contributed by atoms with E-state index in [0.29, 0.717) is 35.3 Å². The molecule has 2 amide bonds. The third-order valence-corrected chi connectivity index (χ3v) is 5.53. The monoisotopic (exact) mass is 463 g/mol. The quantitative estimate of drug-likeness (QED) is 0.341. The van der Waals surface area contributed by atoms with Gasteiger partial charge in [0, 0.05) is 11.6 Å². The summed E-state index contributed by atoms with van der Waals surface area (Å²) < 4.78 is 10.7. The van der Waals surface area contributed by atoms with Crippen LogP contribution in [0, 0.1) is 0 Å². The van der Waals surface area contributed by atoms with Crippen molar-refractivity contribution in [3.8, 4) is 11.3 Å². The lowest BCUT2D eigenvalue weighted by Gasteiger charge is -2.11. The molecule has 0 bridgehead atoms. The maximum atomic E-state index is 12.5. The van der Waals surface area contributed by atoms with Crippen LogP contribution < -0.4 is 0 Å². The third kappa shape index (κ3) is 5.36. The molecule has 10 heteroatoms. The van der Waals surface area contributed by atoms with E-state index in [2.05, 4.69) is 0 Å². The molecule has 1 aromatic heterocycles. The van der Waals surface area contributed by atoms with Crippen LogP contribution in [-0.4, -0.2) is 46.2 Å². The topological polar surface area (TPSA) is 114 Å². The summed E-state index contributed by atoms with van der Waals surface area (Å²) >= 11 is 6.69. The zero-order valence-electron chi connectivity index (χ0n) is 16.4. The van der Waals surface area contributed by atoms with E-state index in [1.807, 2.05) is 6.92 Å². The molecule has 1 aromatic carbocycles. The van der Waals surface area contributed by atoms with Gasteiger partial charge in [0.25, 0.3) is 11.1 Å². The van der Waals surface area contributed by atoms with Gasteiger partial charge in [0.2, 0.25) is 0 Å². The van der Waals surface area contributed by atoms with Crippen LogP contribution in [-0.2, 0) is 14.3 Å². The minimum Gasteiger partial charge on any atom is -0.478 e. The average Bonchev–Trinajstić information content (AvgIpc) is 3.28. The van der Waals surface area contributed by atoms with Gasteiger partial charge in [-0.15, -0.1) is 0 Å². The number of thioether (sulfide) groups is 1. The lowest BCUT2D eigenvalue weighted by Crippen LogP contribution is -2.34. The van der Waals surface area contributed by atoms with Crippen molar-refractivity contribution in [3.05, 3.63) is 51.6 Å². The number of imide groups is 1. The Labute approximate surface area is 186 Å². The first-order valence-electron chi connectivity index (χ1n) is 9.34. The second kappa shape index (κ2) is 9.84. The zero-order chi connectivity index (χ0) is 22.5. The van der Waals surface area contributed by atoms with Crippen molar-refractivity contribution in [3.63, 3.8) is 0 Å². The molecular weight excluding hydrogens is 446 g/mol. The molecule has 8 nitrogen and oxygen atoms in total. The molecular formula is C21H18ClNO7S. The minimum absolute atomic E-state index is 0.0286. The van der Waals surface area contributed by atoms with Crippen LogP contribution in [0.1, 0.15) is 35.9 Å². The number of carboxylic acid groups (broad SMARTS) is 1. The van der Waals surface area contributed by atoms with Gasteiger partial charge in [0.05, 0.1) is 22.1 Å². The number of rotatable bonds is 8. The summed E-state index contributed by atoms with van der Waals surface area (Å²) in [4.78, 5) is 48.5. The Morgan fingerprint density at radius 2 is 2.03 bits per heavy atom. The highest BCUT2D eigenvalue weighted by Crippen LogP contribution is 2.34. The van der Waals surface area contributed by atoms with Crippen molar-refractivity contribution in [1.29, 1.82) is 0 Å². The SMILES string of the molecule is CCCCOC(=O)CN1C(=O)S/C(=C\c2ccc(-c3ccc(C(=O)O)c(Cl)c3)o2)C1=O. The lowest BCUT2D eigenvalue weighted by atomic mass is 10.1.